The molecule has 2 aliphatic heterocycles. The predicted octanol–water partition coefficient (Wildman–Crippen LogP) is 3.35. The van der Waals surface area contributed by atoms with Crippen molar-refractivity contribution in [1.82, 2.24) is 0 Å². The number of phenols is 3. The molecule has 0 spiro atoms. The number of aromatic hydroxyl groups is 3. The second kappa shape index (κ2) is 12.2. The number of fused-ring (bicyclic) bond motifs is 1. The van der Waals surface area contributed by atoms with Gasteiger partial charge in [-0.1, -0.05) is 29.4 Å². The summed E-state index contributed by atoms with van der Waals surface area (Å²) in [4.78, 5) is 14.0. The van der Waals surface area contributed by atoms with Crippen molar-refractivity contribution in [2.24, 2.45) is 0 Å². The van der Waals surface area contributed by atoms with E-state index in [1.165, 1.54) is 13.0 Å². The Hall–Kier alpha value is -3.41. The van der Waals surface area contributed by atoms with Gasteiger partial charge in [-0.05, 0) is 70.7 Å². The molecule has 1 fully saturated rings. The molecule has 7 atom stereocenters. The van der Waals surface area contributed by atoms with E-state index in [2.05, 4.69) is 0 Å². The zero-order chi connectivity index (χ0) is 30.2. The van der Waals surface area contributed by atoms with E-state index >= 15 is 0 Å². The molecule has 2 aromatic carbocycles. The topological polar surface area (TPSA) is 166 Å². The van der Waals surface area contributed by atoms with Crippen LogP contribution in [0.3, 0.4) is 0 Å². The second-order valence-corrected chi connectivity index (χ2v) is 11.1. The average molecular weight is 571 g/mol. The highest BCUT2D eigenvalue weighted by Crippen LogP contribution is 2.47. The van der Waals surface area contributed by atoms with Crippen molar-refractivity contribution in [2.45, 2.75) is 90.4 Å². The van der Waals surface area contributed by atoms with E-state index in [-0.39, 0.29) is 29.2 Å². The molecule has 10 nitrogen and oxygen atoms in total. The van der Waals surface area contributed by atoms with Crippen LogP contribution in [0, 0.1) is 0 Å². The molecule has 4 rings (SSSR count). The molecule has 1 saturated heterocycles. The summed E-state index contributed by atoms with van der Waals surface area (Å²) in [6.07, 6.45) is -5.35. The minimum atomic E-state index is -1.69. The van der Waals surface area contributed by atoms with Crippen molar-refractivity contribution in [3.05, 3.63) is 69.8 Å². The molecule has 0 aliphatic carbocycles. The second-order valence-electron chi connectivity index (χ2n) is 11.1. The summed E-state index contributed by atoms with van der Waals surface area (Å²) in [7, 11) is 0. The summed E-state index contributed by atoms with van der Waals surface area (Å²) in [6.45, 7) is 9.12. The lowest BCUT2D eigenvalue weighted by Gasteiger charge is -2.42. The van der Waals surface area contributed by atoms with Gasteiger partial charge in [0.15, 0.2) is 18.5 Å². The van der Waals surface area contributed by atoms with E-state index < -0.39 is 54.4 Å². The smallest absolute Gasteiger partial charge is 0.203 e. The number of aliphatic hydroxyl groups excluding tert-OH is 3. The van der Waals surface area contributed by atoms with Gasteiger partial charge < -0.3 is 44.8 Å². The molecule has 41 heavy (non-hydrogen) atoms. The summed E-state index contributed by atoms with van der Waals surface area (Å²) in [5.41, 5.74) is 3.10. The van der Waals surface area contributed by atoms with Crippen molar-refractivity contribution in [3.8, 4) is 23.0 Å². The van der Waals surface area contributed by atoms with Crippen LogP contribution in [-0.2, 0) is 22.3 Å². The molecule has 0 aromatic heterocycles. The van der Waals surface area contributed by atoms with Gasteiger partial charge in [0.05, 0.1) is 6.10 Å². The Balaban J connectivity index is 1.84. The fourth-order valence-electron chi connectivity index (χ4n) is 4.92. The number of Topliss-reactive ketones (excluding diaryl/α,β-unsaturated/α-hetero) is 1. The molecule has 2 aromatic rings. The molecule has 2 heterocycles. The number of ether oxygens (including phenoxy) is 3. The SMILES string of the molecule is CC(C)=CCc1cc([C@@H]2Oc3c(CC=C(C)C)c(O)cc(O)c3C(=O)[C@@H]2O[C@@H]2O[C@@H](C)[C@H](O)[C@@H](O)[C@H]2O)ccc1O. The number of aliphatic hydroxyl groups is 3. The summed E-state index contributed by atoms with van der Waals surface area (Å²) in [5.74, 6) is -1.43. The first-order chi connectivity index (χ1) is 19.3. The molecule has 222 valence electrons. The first-order valence-electron chi connectivity index (χ1n) is 13.5. The third-order valence-corrected chi connectivity index (χ3v) is 7.33. The van der Waals surface area contributed by atoms with Gasteiger partial charge in [-0.25, -0.2) is 0 Å². The lowest BCUT2D eigenvalue weighted by atomic mass is 9.89. The van der Waals surface area contributed by atoms with Crippen LogP contribution in [0.2, 0.25) is 0 Å². The van der Waals surface area contributed by atoms with Gasteiger partial charge in [0, 0.05) is 11.6 Å². The summed E-state index contributed by atoms with van der Waals surface area (Å²) in [5, 5.41) is 63.0. The highest BCUT2D eigenvalue weighted by atomic mass is 16.7. The van der Waals surface area contributed by atoms with Gasteiger partial charge in [0.2, 0.25) is 5.78 Å². The number of rotatable bonds is 7. The van der Waals surface area contributed by atoms with Crippen molar-refractivity contribution < 1.29 is 49.6 Å². The fourth-order valence-corrected chi connectivity index (χ4v) is 4.92. The number of phenolic OH excluding ortho intramolecular Hbond substituents is 3. The number of carbonyl (C=O) groups is 1. The van der Waals surface area contributed by atoms with Crippen LogP contribution >= 0.6 is 0 Å². The van der Waals surface area contributed by atoms with Gasteiger partial charge in [-0.3, -0.25) is 4.79 Å². The zero-order valence-electron chi connectivity index (χ0n) is 23.7. The third-order valence-electron chi connectivity index (χ3n) is 7.33. The van der Waals surface area contributed by atoms with Crippen LogP contribution in [-0.4, -0.2) is 73.2 Å². The van der Waals surface area contributed by atoms with Crippen molar-refractivity contribution in [1.29, 1.82) is 0 Å². The number of allylic oxidation sites excluding steroid dienone is 4. The van der Waals surface area contributed by atoms with Crippen LogP contribution in [0.5, 0.6) is 23.0 Å². The summed E-state index contributed by atoms with van der Waals surface area (Å²) < 4.78 is 17.9. The van der Waals surface area contributed by atoms with Crippen molar-refractivity contribution in [2.75, 3.05) is 0 Å². The molecular formula is C31H38O10. The molecule has 0 unspecified atom stereocenters. The van der Waals surface area contributed by atoms with E-state index in [9.17, 15) is 35.4 Å². The van der Waals surface area contributed by atoms with Crippen molar-refractivity contribution >= 4 is 5.78 Å². The Morgan fingerprint density at radius 1 is 0.878 bits per heavy atom. The predicted molar refractivity (Wildman–Crippen MR) is 149 cm³/mol. The molecule has 0 bridgehead atoms. The summed E-state index contributed by atoms with van der Waals surface area (Å²) in [6, 6.07) is 5.78. The minimum Gasteiger partial charge on any atom is -0.508 e. The number of carbonyl (C=O) groups excluding carboxylic acids is 1. The maximum Gasteiger partial charge on any atom is 0.203 e. The van der Waals surface area contributed by atoms with Gasteiger partial charge in [-0.15, -0.1) is 0 Å². The average Bonchev–Trinajstić information content (AvgIpc) is 2.90. The van der Waals surface area contributed by atoms with E-state index in [1.807, 2.05) is 39.8 Å². The first-order valence-corrected chi connectivity index (χ1v) is 13.5. The Labute approximate surface area is 238 Å². The van der Waals surface area contributed by atoms with Crippen molar-refractivity contribution in [3.63, 3.8) is 0 Å². The Kier molecular flexibility index (Phi) is 9.10. The van der Waals surface area contributed by atoms with Crippen LogP contribution in [0.1, 0.15) is 67.8 Å². The van der Waals surface area contributed by atoms with Gasteiger partial charge in [0.25, 0.3) is 0 Å². The third kappa shape index (κ3) is 6.27. The molecule has 2 aliphatic rings. The molecule has 10 heteroatoms. The Morgan fingerprint density at radius 3 is 2.20 bits per heavy atom. The fraction of sp³-hybridized carbons (Fsp3) is 0.452. The van der Waals surface area contributed by atoms with Gasteiger partial charge in [0.1, 0.15) is 46.9 Å². The first kappa shape index (κ1) is 30.5. The Bertz CT molecular complexity index is 1360. The standard InChI is InChI=1S/C31H38O10/c1-14(2)6-8-17-12-18(9-11-20(17)32)28-30(41-31-27(38)26(37)24(35)16(5)39-31)25(36)23-22(34)13-21(33)19(29(23)40-28)10-7-15(3)4/h6-7,9,11-13,16,24,26-28,30-35,37-38H,8,10H2,1-5H3/t16-,24-,26+,27+,28-,30-,31-/m0/s1. The maximum atomic E-state index is 14.0. The molecule has 0 saturated carbocycles. The maximum absolute atomic E-state index is 14.0. The van der Waals surface area contributed by atoms with Gasteiger partial charge in [-0.2, -0.15) is 0 Å². The quantitative estimate of drug-likeness (QED) is 0.272. The van der Waals surface area contributed by atoms with E-state index in [0.29, 0.717) is 23.1 Å². The van der Waals surface area contributed by atoms with Crippen LogP contribution in [0.25, 0.3) is 0 Å². The number of hydrogen-bond acceptors (Lipinski definition) is 10. The minimum absolute atomic E-state index is 0.0114. The van der Waals surface area contributed by atoms with E-state index in [4.69, 9.17) is 14.2 Å². The Morgan fingerprint density at radius 2 is 1.54 bits per heavy atom. The monoisotopic (exact) mass is 570 g/mol. The van der Waals surface area contributed by atoms with Crippen LogP contribution in [0.15, 0.2) is 47.6 Å². The zero-order valence-corrected chi connectivity index (χ0v) is 23.7. The molecule has 6 N–H and O–H groups in total. The highest BCUT2D eigenvalue weighted by molar-refractivity contribution is 6.06. The van der Waals surface area contributed by atoms with Crippen LogP contribution < -0.4 is 4.74 Å². The number of hydrogen-bond donors (Lipinski definition) is 6. The van der Waals surface area contributed by atoms with Gasteiger partial charge >= 0.3 is 0 Å². The summed E-state index contributed by atoms with van der Waals surface area (Å²) >= 11 is 0. The van der Waals surface area contributed by atoms with E-state index in [0.717, 1.165) is 17.2 Å². The molecular weight excluding hydrogens is 532 g/mol. The lowest BCUT2D eigenvalue weighted by Crippen LogP contribution is -2.59. The molecule has 0 radical (unpaired) electrons. The normalized spacial score (nSPS) is 27.5. The van der Waals surface area contributed by atoms with Crippen LogP contribution in [0.4, 0.5) is 0 Å². The number of ketones is 1. The largest absolute Gasteiger partial charge is 0.508 e. The highest BCUT2D eigenvalue weighted by Gasteiger charge is 2.48. The molecule has 0 amide bonds. The number of benzene rings is 2. The lowest BCUT2D eigenvalue weighted by molar-refractivity contribution is -0.304. The van der Waals surface area contributed by atoms with E-state index in [1.54, 1.807) is 12.1 Å².